The molecule has 2 aromatic rings. The molecule has 0 saturated carbocycles. The molecule has 1 unspecified atom stereocenters. The third-order valence-corrected chi connectivity index (χ3v) is 4.46. The summed E-state index contributed by atoms with van der Waals surface area (Å²) >= 11 is 0. The lowest BCUT2D eigenvalue weighted by Gasteiger charge is -2.17. The molecule has 142 valence electrons. The SMILES string of the molecule is COC(=O)CCCCCCC(=O)OC1Cc2ccoc2C#Cc2ccoc21. The van der Waals surface area contributed by atoms with Crippen LogP contribution in [0.4, 0.5) is 0 Å². The molecule has 0 fully saturated rings. The highest BCUT2D eigenvalue weighted by Gasteiger charge is 2.26. The molecule has 0 aliphatic heterocycles. The molecule has 1 atom stereocenters. The van der Waals surface area contributed by atoms with Gasteiger partial charge in [0.05, 0.1) is 25.2 Å². The van der Waals surface area contributed by atoms with E-state index in [2.05, 4.69) is 16.6 Å². The van der Waals surface area contributed by atoms with Crippen molar-refractivity contribution in [1.29, 1.82) is 0 Å². The number of esters is 2. The van der Waals surface area contributed by atoms with Gasteiger partial charge in [-0.15, -0.1) is 0 Å². The van der Waals surface area contributed by atoms with Crippen molar-refractivity contribution in [1.82, 2.24) is 0 Å². The summed E-state index contributed by atoms with van der Waals surface area (Å²) in [5.74, 6) is 6.67. The number of unbranched alkanes of at least 4 members (excludes halogenated alkanes) is 3. The van der Waals surface area contributed by atoms with Crippen LogP contribution in [0.3, 0.4) is 0 Å². The summed E-state index contributed by atoms with van der Waals surface area (Å²) in [6, 6.07) is 3.60. The lowest BCUT2D eigenvalue weighted by atomic mass is 10.0. The van der Waals surface area contributed by atoms with Crippen molar-refractivity contribution in [2.45, 2.75) is 51.0 Å². The number of carbonyl (C=O) groups is 2. The second kappa shape index (κ2) is 9.13. The Labute approximate surface area is 157 Å². The lowest BCUT2D eigenvalue weighted by molar-refractivity contribution is -0.150. The minimum Gasteiger partial charge on any atom is -0.469 e. The van der Waals surface area contributed by atoms with Crippen molar-refractivity contribution in [3.8, 4) is 11.8 Å². The van der Waals surface area contributed by atoms with E-state index in [0.29, 0.717) is 42.8 Å². The smallest absolute Gasteiger partial charge is 0.306 e. The molecule has 2 heterocycles. The minimum atomic E-state index is -0.521. The van der Waals surface area contributed by atoms with Gasteiger partial charge < -0.3 is 18.3 Å². The molecule has 0 spiro atoms. The van der Waals surface area contributed by atoms with Gasteiger partial charge in [-0.05, 0) is 30.9 Å². The molecule has 1 aliphatic rings. The van der Waals surface area contributed by atoms with Gasteiger partial charge in [-0.25, -0.2) is 0 Å². The summed E-state index contributed by atoms with van der Waals surface area (Å²) in [7, 11) is 1.39. The van der Waals surface area contributed by atoms with E-state index >= 15 is 0 Å². The summed E-state index contributed by atoms with van der Waals surface area (Å²) in [4.78, 5) is 23.3. The number of carbonyl (C=O) groups excluding carboxylic acids is 2. The van der Waals surface area contributed by atoms with Crippen molar-refractivity contribution in [3.63, 3.8) is 0 Å². The van der Waals surface area contributed by atoms with Crippen molar-refractivity contribution in [3.05, 3.63) is 47.3 Å². The molecule has 6 heteroatoms. The standard InChI is InChI=1S/C21H22O6/c1-24-19(22)6-4-2-3-5-7-20(23)27-18-14-16-11-12-25-17(16)9-8-15-10-13-26-21(15)18/h10-13,18H,2-7,14H2,1H3. The second-order valence-electron chi connectivity index (χ2n) is 6.40. The Bertz CT molecular complexity index is 847. The van der Waals surface area contributed by atoms with Crippen LogP contribution in [0.5, 0.6) is 0 Å². The van der Waals surface area contributed by atoms with Crippen molar-refractivity contribution in [2.75, 3.05) is 7.11 Å². The highest BCUT2D eigenvalue weighted by Crippen LogP contribution is 2.30. The van der Waals surface area contributed by atoms with E-state index < -0.39 is 6.10 Å². The zero-order valence-corrected chi connectivity index (χ0v) is 15.3. The van der Waals surface area contributed by atoms with Gasteiger partial charge in [-0.2, -0.15) is 0 Å². The van der Waals surface area contributed by atoms with E-state index in [1.165, 1.54) is 7.11 Å². The fourth-order valence-corrected chi connectivity index (χ4v) is 3.00. The Morgan fingerprint density at radius 1 is 1.04 bits per heavy atom. The molecule has 0 radical (unpaired) electrons. The third kappa shape index (κ3) is 5.04. The van der Waals surface area contributed by atoms with Crippen LogP contribution in [0.2, 0.25) is 0 Å². The van der Waals surface area contributed by atoms with Gasteiger partial charge >= 0.3 is 11.9 Å². The predicted octanol–water partition coefficient (Wildman–Crippen LogP) is 3.93. The van der Waals surface area contributed by atoms with Crippen LogP contribution in [0.1, 0.15) is 67.3 Å². The maximum atomic E-state index is 12.3. The van der Waals surface area contributed by atoms with E-state index in [4.69, 9.17) is 13.6 Å². The van der Waals surface area contributed by atoms with Crippen LogP contribution in [0.15, 0.2) is 33.5 Å². The van der Waals surface area contributed by atoms with Gasteiger partial charge in [-0.1, -0.05) is 18.8 Å². The first-order chi connectivity index (χ1) is 13.2. The highest BCUT2D eigenvalue weighted by molar-refractivity contribution is 5.70. The first-order valence-corrected chi connectivity index (χ1v) is 9.09. The number of hydrogen-bond acceptors (Lipinski definition) is 6. The van der Waals surface area contributed by atoms with E-state index in [1.54, 1.807) is 18.6 Å². The first-order valence-electron chi connectivity index (χ1n) is 9.09. The Hall–Kier alpha value is -2.94. The quantitative estimate of drug-likeness (QED) is 0.398. The summed E-state index contributed by atoms with van der Waals surface area (Å²) < 4.78 is 21.2. The van der Waals surface area contributed by atoms with Crippen LogP contribution in [0.25, 0.3) is 0 Å². The summed E-state index contributed by atoms with van der Waals surface area (Å²) in [5, 5.41) is 0. The topological polar surface area (TPSA) is 78.9 Å². The summed E-state index contributed by atoms with van der Waals surface area (Å²) in [6.07, 6.45) is 7.04. The number of ether oxygens (including phenoxy) is 2. The summed E-state index contributed by atoms with van der Waals surface area (Å²) in [6.45, 7) is 0. The Kier molecular flexibility index (Phi) is 6.37. The van der Waals surface area contributed by atoms with Crippen molar-refractivity contribution in [2.24, 2.45) is 0 Å². The zero-order chi connectivity index (χ0) is 19.1. The van der Waals surface area contributed by atoms with Crippen molar-refractivity contribution >= 4 is 11.9 Å². The Morgan fingerprint density at radius 2 is 1.78 bits per heavy atom. The number of hydrogen-bond donors (Lipinski definition) is 0. The number of methoxy groups -OCH3 is 1. The van der Waals surface area contributed by atoms with Crippen LogP contribution < -0.4 is 0 Å². The maximum Gasteiger partial charge on any atom is 0.306 e. The molecule has 0 saturated heterocycles. The van der Waals surface area contributed by atoms with Gasteiger partial charge in [0.2, 0.25) is 0 Å². The highest BCUT2D eigenvalue weighted by atomic mass is 16.6. The monoisotopic (exact) mass is 370 g/mol. The molecule has 0 bridgehead atoms. The summed E-state index contributed by atoms with van der Waals surface area (Å²) in [5.41, 5.74) is 1.60. The average molecular weight is 370 g/mol. The van der Waals surface area contributed by atoms with Crippen LogP contribution >= 0.6 is 0 Å². The fraction of sp³-hybridized carbons (Fsp3) is 0.429. The van der Waals surface area contributed by atoms with Gasteiger partial charge in [0.25, 0.3) is 0 Å². The molecule has 0 amide bonds. The number of furan rings is 2. The molecule has 6 nitrogen and oxygen atoms in total. The van der Waals surface area contributed by atoms with Gasteiger partial charge in [-0.3, -0.25) is 9.59 Å². The van der Waals surface area contributed by atoms with E-state index in [0.717, 1.165) is 24.8 Å². The molecule has 3 rings (SSSR count). The minimum absolute atomic E-state index is 0.199. The van der Waals surface area contributed by atoms with E-state index in [1.807, 2.05) is 6.07 Å². The third-order valence-electron chi connectivity index (χ3n) is 4.46. The average Bonchev–Trinajstić information content (AvgIpc) is 3.29. The molecular formula is C21H22O6. The van der Waals surface area contributed by atoms with Crippen LogP contribution in [0, 0.1) is 11.8 Å². The van der Waals surface area contributed by atoms with Crippen molar-refractivity contribution < 1.29 is 27.9 Å². The number of fused-ring (bicyclic) bond motifs is 2. The second-order valence-corrected chi connectivity index (χ2v) is 6.40. The number of rotatable bonds is 8. The first kappa shape index (κ1) is 18.8. The van der Waals surface area contributed by atoms with Crippen LogP contribution in [-0.4, -0.2) is 19.0 Å². The van der Waals surface area contributed by atoms with E-state index in [-0.39, 0.29) is 11.9 Å². The predicted molar refractivity (Wildman–Crippen MR) is 95.7 cm³/mol. The molecule has 27 heavy (non-hydrogen) atoms. The molecular weight excluding hydrogens is 348 g/mol. The Balaban J connectivity index is 1.51. The van der Waals surface area contributed by atoms with Gasteiger partial charge in [0.1, 0.15) is 0 Å². The normalized spacial score (nSPS) is 14.8. The van der Waals surface area contributed by atoms with Gasteiger partial charge in [0.15, 0.2) is 17.6 Å². The van der Waals surface area contributed by atoms with Gasteiger partial charge in [0, 0.05) is 24.8 Å². The van der Waals surface area contributed by atoms with E-state index in [9.17, 15) is 9.59 Å². The molecule has 2 aromatic heterocycles. The maximum absolute atomic E-state index is 12.3. The fourth-order valence-electron chi connectivity index (χ4n) is 3.00. The molecule has 0 aromatic carbocycles. The Morgan fingerprint density at radius 3 is 2.56 bits per heavy atom. The molecule has 1 aliphatic carbocycles. The zero-order valence-electron chi connectivity index (χ0n) is 15.3. The van der Waals surface area contributed by atoms with Crippen LogP contribution in [-0.2, 0) is 25.5 Å². The molecule has 0 N–H and O–H groups in total. The largest absolute Gasteiger partial charge is 0.469 e. The lowest BCUT2D eigenvalue weighted by Crippen LogP contribution is -2.15.